The van der Waals surface area contributed by atoms with Gasteiger partial charge in [0.2, 0.25) is 10.0 Å². The highest BCUT2D eigenvalue weighted by atomic mass is 32.2. The van der Waals surface area contributed by atoms with Crippen molar-refractivity contribution in [2.75, 3.05) is 32.1 Å². The Morgan fingerprint density at radius 3 is 2.86 bits per heavy atom. The summed E-state index contributed by atoms with van der Waals surface area (Å²) in [5.74, 6) is 0. The van der Waals surface area contributed by atoms with Crippen LogP contribution in [-0.4, -0.2) is 55.2 Å². The van der Waals surface area contributed by atoms with E-state index >= 15 is 0 Å². The molecule has 0 amide bonds. The van der Waals surface area contributed by atoms with Crippen molar-refractivity contribution in [1.82, 2.24) is 4.31 Å². The van der Waals surface area contributed by atoms with Crippen LogP contribution in [-0.2, 0) is 14.8 Å². The molecule has 0 saturated carbocycles. The predicted octanol–water partition coefficient (Wildman–Crippen LogP) is -0.441. The maximum Gasteiger partial charge on any atom is 0.293 e. The number of hydrogen-bond donors (Lipinski definition) is 2. The van der Waals surface area contributed by atoms with Crippen molar-refractivity contribution >= 4 is 21.4 Å². The third-order valence-corrected chi connectivity index (χ3v) is 5.14. The van der Waals surface area contributed by atoms with Gasteiger partial charge in [0.25, 0.3) is 5.69 Å². The number of nitro benzene ring substituents is 1. The highest BCUT2D eigenvalue weighted by molar-refractivity contribution is 7.89. The van der Waals surface area contributed by atoms with E-state index in [1.807, 2.05) is 0 Å². The lowest BCUT2D eigenvalue weighted by atomic mass is 10.3. The van der Waals surface area contributed by atoms with Crippen LogP contribution in [0.3, 0.4) is 0 Å². The molecular weight excluding hydrogens is 302 g/mol. The summed E-state index contributed by atoms with van der Waals surface area (Å²) in [5, 5.41) is 20.1. The lowest BCUT2D eigenvalue weighted by molar-refractivity contribution is -0.384. The first-order valence-corrected chi connectivity index (χ1v) is 7.56. The second-order valence-electron chi connectivity index (χ2n) is 4.50. The number of ether oxygens (including phenoxy) is 1. The smallest absolute Gasteiger partial charge is 0.293 e. The fraction of sp³-hybridized carbons (Fsp3) is 0.455. The molecule has 9 nitrogen and oxygen atoms in total. The van der Waals surface area contributed by atoms with Gasteiger partial charge in [0.1, 0.15) is 5.69 Å². The van der Waals surface area contributed by atoms with E-state index < -0.39 is 33.3 Å². The summed E-state index contributed by atoms with van der Waals surface area (Å²) in [5.41, 5.74) is 4.88. The first-order valence-electron chi connectivity index (χ1n) is 6.12. The monoisotopic (exact) mass is 317 g/mol. The number of hydrogen-bond acceptors (Lipinski definition) is 7. The Kier molecular flexibility index (Phi) is 4.42. The van der Waals surface area contributed by atoms with Crippen molar-refractivity contribution in [3.8, 4) is 0 Å². The minimum atomic E-state index is -3.96. The zero-order valence-corrected chi connectivity index (χ0v) is 11.8. The van der Waals surface area contributed by atoms with E-state index in [1.54, 1.807) is 0 Å². The third kappa shape index (κ3) is 2.97. The number of nitrogens with zero attached hydrogens (tertiary/aromatic N) is 2. The number of aliphatic hydroxyl groups is 1. The number of nitrogen functional groups attached to an aromatic ring is 1. The molecule has 1 heterocycles. The second-order valence-corrected chi connectivity index (χ2v) is 6.40. The van der Waals surface area contributed by atoms with E-state index in [2.05, 4.69) is 0 Å². The first-order chi connectivity index (χ1) is 9.87. The Labute approximate surface area is 121 Å². The number of morpholine rings is 1. The van der Waals surface area contributed by atoms with Gasteiger partial charge in [0, 0.05) is 12.6 Å². The van der Waals surface area contributed by atoms with E-state index in [0.29, 0.717) is 0 Å². The molecule has 116 valence electrons. The van der Waals surface area contributed by atoms with Gasteiger partial charge in [-0.25, -0.2) is 8.42 Å². The summed E-state index contributed by atoms with van der Waals surface area (Å²) >= 11 is 0. The summed E-state index contributed by atoms with van der Waals surface area (Å²) in [4.78, 5) is 9.88. The first kappa shape index (κ1) is 15.6. The standard InChI is InChI=1S/C11H15N3O6S/c12-10-2-1-9(5-11(10)14(16)17)21(18,19)13-3-4-20-7-8(13)6-15/h1-2,5,8,15H,3-4,6-7,12H2. The van der Waals surface area contributed by atoms with Gasteiger partial charge in [0.15, 0.2) is 0 Å². The Bertz CT molecular complexity index is 647. The number of sulfonamides is 1. The third-order valence-electron chi connectivity index (χ3n) is 3.19. The Hall–Kier alpha value is -1.75. The van der Waals surface area contributed by atoms with Crippen molar-refractivity contribution in [3.63, 3.8) is 0 Å². The lowest BCUT2D eigenvalue weighted by Gasteiger charge is -2.33. The minimum absolute atomic E-state index is 0.0751. The van der Waals surface area contributed by atoms with E-state index in [4.69, 9.17) is 10.5 Å². The zero-order chi connectivity index (χ0) is 15.6. The van der Waals surface area contributed by atoms with Gasteiger partial charge in [0.05, 0.1) is 35.7 Å². The van der Waals surface area contributed by atoms with E-state index in [-0.39, 0.29) is 30.3 Å². The number of nitrogens with two attached hydrogens (primary N) is 1. The fourth-order valence-corrected chi connectivity index (χ4v) is 3.68. The van der Waals surface area contributed by atoms with Crippen LogP contribution in [0, 0.1) is 10.1 Å². The van der Waals surface area contributed by atoms with Crippen LogP contribution in [0.5, 0.6) is 0 Å². The molecule has 21 heavy (non-hydrogen) atoms. The minimum Gasteiger partial charge on any atom is -0.395 e. The van der Waals surface area contributed by atoms with E-state index in [9.17, 15) is 23.6 Å². The van der Waals surface area contributed by atoms with Crippen LogP contribution in [0.15, 0.2) is 23.1 Å². The van der Waals surface area contributed by atoms with Gasteiger partial charge >= 0.3 is 0 Å². The number of aliphatic hydroxyl groups excluding tert-OH is 1. The maximum absolute atomic E-state index is 12.5. The number of benzene rings is 1. The maximum atomic E-state index is 12.5. The van der Waals surface area contributed by atoms with Gasteiger partial charge in [-0.2, -0.15) is 4.31 Å². The van der Waals surface area contributed by atoms with Gasteiger partial charge in [-0.05, 0) is 12.1 Å². The second kappa shape index (κ2) is 5.93. The number of nitro groups is 1. The average molecular weight is 317 g/mol. The Morgan fingerprint density at radius 1 is 1.52 bits per heavy atom. The fourth-order valence-electron chi connectivity index (χ4n) is 2.08. The summed E-state index contributed by atoms with van der Waals surface area (Å²) in [6.45, 7) is -0.0401. The zero-order valence-electron chi connectivity index (χ0n) is 11.0. The van der Waals surface area contributed by atoms with Crippen LogP contribution in [0.4, 0.5) is 11.4 Å². The molecule has 0 aliphatic carbocycles. The van der Waals surface area contributed by atoms with E-state index in [1.165, 1.54) is 12.1 Å². The van der Waals surface area contributed by atoms with Crippen LogP contribution in [0.2, 0.25) is 0 Å². The molecule has 1 atom stereocenters. The highest BCUT2D eigenvalue weighted by Gasteiger charge is 2.34. The number of rotatable bonds is 4. The molecule has 2 rings (SSSR count). The Morgan fingerprint density at radius 2 is 2.24 bits per heavy atom. The lowest BCUT2D eigenvalue weighted by Crippen LogP contribution is -2.50. The molecule has 0 bridgehead atoms. The molecular formula is C11H15N3O6S. The van der Waals surface area contributed by atoms with Gasteiger partial charge < -0.3 is 15.6 Å². The number of anilines is 1. The predicted molar refractivity (Wildman–Crippen MR) is 73.1 cm³/mol. The molecule has 1 unspecified atom stereocenters. The molecule has 1 aliphatic heterocycles. The molecule has 0 radical (unpaired) electrons. The van der Waals surface area contributed by atoms with Gasteiger partial charge in [-0.1, -0.05) is 0 Å². The highest BCUT2D eigenvalue weighted by Crippen LogP contribution is 2.28. The molecule has 3 N–H and O–H groups in total. The van der Waals surface area contributed by atoms with Crippen molar-refractivity contribution in [2.24, 2.45) is 0 Å². The van der Waals surface area contributed by atoms with Crippen molar-refractivity contribution in [2.45, 2.75) is 10.9 Å². The van der Waals surface area contributed by atoms with Crippen molar-refractivity contribution < 1.29 is 23.2 Å². The summed E-state index contributed by atoms with van der Waals surface area (Å²) in [6, 6.07) is 2.61. The molecule has 1 fully saturated rings. The topological polar surface area (TPSA) is 136 Å². The molecule has 10 heteroatoms. The summed E-state index contributed by atoms with van der Waals surface area (Å²) in [7, 11) is -3.96. The summed E-state index contributed by atoms with van der Waals surface area (Å²) < 4.78 is 31.3. The molecule has 1 saturated heterocycles. The van der Waals surface area contributed by atoms with Crippen LogP contribution < -0.4 is 5.73 Å². The van der Waals surface area contributed by atoms with Gasteiger partial charge in [-0.3, -0.25) is 10.1 Å². The molecule has 1 aromatic rings. The van der Waals surface area contributed by atoms with Crippen LogP contribution in [0.25, 0.3) is 0 Å². The summed E-state index contributed by atoms with van der Waals surface area (Å²) in [6.07, 6.45) is 0. The van der Waals surface area contributed by atoms with Crippen LogP contribution >= 0.6 is 0 Å². The molecule has 1 aromatic carbocycles. The quantitative estimate of drug-likeness (QED) is 0.436. The molecule has 0 spiro atoms. The van der Waals surface area contributed by atoms with Crippen molar-refractivity contribution in [1.29, 1.82) is 0 Å². The van der Waals surface area contributed by atoms with E-state index in [0.717, 1.165) is 10.4 Å². The molecule has 0 aromatic heterocycles. The van der Waals surface area contributed by atoms with Crippen molar-refractivity contribution in [3.05, 3.63) is 28.3 Å². The Balaban J connectivity index is 2.43. The largest absolute Gasteiger partial charge is 0.395 e. The van der Waals surface area contributed by atoms with Gasteiger partial charge in [-0.15, -0.1) is 0 Å². The average Bonchev–Trinajstić information content (AvgIpc) is 2.47. The van der Waals surface area contributed by atoms with Crippen LogP contribution in [0.1, 0.15) is 0 Å². The SMILES string of the molecule is Nc1ccc(S(=O)(=O)N2CCOCC2CO)cc1[N+](=O)[O-]. The molecule has 1 aliphatic rings. The normalized spacial score (nSPS) is 20.3.